The molecule has 7 nitrogen and oxygen atoms in total. The number of amidine groups is 1. The van der Waals surface area contributed by atoms with Crippen molar-refractivity contribution in [1.29, 1.82) is 0 Å². The molecule has 2 aliphatic heterocycles. The van der Waals surface area contributed by atoms with Gasteiger partial charge in [0.2, 0.25) is 0 Å². The number of carbonyl (C=O) groups excluding carboxylic acids is 3. The molecule has 0 spiro atoms. The summed E-state index contributed by atoms with van der Waals surface area (Å²) < 4.78 is 9.57. The molecule has 3 heterocycles. The summed E-state index contributed by atoms with van der Waals surface area (Å²) in [5.41, 5.74) is 0.750. The number of amides is 1. The molecule has 0 fully saturated rings. The Hall–Kier alpha value is -2.39. The van der Waals surface area contributed by atoms with E-state index in [4.69, 9.17) is 4.74 Å². The largest absolute Gasteiger partial charge is 0.466 e. The van der Waals surface area contributed by atoms with Crippen molar-refractivity contribution < 1.29 is 23.9 Å². The number of methoxy groups -OCH3 is 2. The average molecular weight is 378 g/mol. The summed E-state index contributed by atoms with van der Waals surface area (Å²) in [7, 11) is 2.54. The van der Waals surface area contributed by atoms with Crippen LogP contribution in [-0.4, -0.2) is 42.1 Å². The van der Waals surface area contributed by atoms with Crippen molar-refractivity contribution in [3.63, 3.8) is 0 Å². The number of nitrogens with zero attached hydrogens (tertiary/aromatic N) is 2. The van der Waals surface area contributed by atoms with Gasteiger partial charge in [0.25, 0.3) is 5.91 Å². The number of ether oxygens (including phenoxy) is 2. The number of allylic oxidation sites excluding steroid dienone is 1. The molecule has 1 atom stereocenters. The van der Waals surface area contributed by atoms with E-state index in [0.29, 0.717) is 16.4 Å². The van der Waals surface area contributed by atoms with Crippen molar-refractivity contribution >= 4 is 46.1 Å². The minimum atomic E-state index is -0.643. The van der Waals surface area contributed by atoms with Crippen molar-refractivity contribution in [1.82, 2.24) is 4.90 Å². The van der Waals surface area contributed by atoms with Crippen molar-refractivity contribution in [3.8, 4) is 0 Å². The molecule has 130 valence electrons. The Bertz CT molecular complexity index is 839. The molecule has 1 aromatic rings. The predicted molar refractivity (Wildman–Crippen MR) is 93.7 cm³/mol. The van der Waals surface area contributed by atoms with Crippen LogP contribution < -0.4 is 0 Å². The lowest BCUT2D eigenvalue weighted by molar-refractivity contribution is -0.138. The van der Waals surface area contributed by atoms with E-state index in [2.05, 4.69) is 9.73 Å². The van der Waals surface area contributed by atoms with E-state index in [1.807, 2.05) is 17.5 Å². The van der Waals surface area contributed by atoms with E-state index in [0.717, 1.165) is 16.6 Å². The van der Waals surface area contributed by atoms with Gasteiger partial charge in [-0.15, -0.1) is 11.3 Å². The van der Waals surface area contributed by atoms with Crippen LogP contribution in [0.5, 0.6) is 0 Å². The topological polar surface area (TPSA) is 85.3 Å². The van der Waals surface area contributed by atoms with Gasteiger partial charge in [0.05, 0.1) is 25.5 Å². The Kier molecular flexibility index (Phi) is 4.78. The van der Waals surface area contributed by atoms with Crippen LogP contribution in [0.1, 0.15) is 17.8 Å². The molecule has 9 heteroatoms. The molecule has 0 saturated carbocycles. The molecule has 1 unspecified atom stereocenters. The maximum Gasteiger partial charge on any atom is 0.345 e. The molecule has 25 heavy (non-hydrogen) atoms. The molecule has 1 aromatic heterocycles. The van der Waals surface area contributed by atoms with Gasteiger partial charge < -0.3 is 9.47 Å². The van der Waals surface area contributed by atoms with Gasteiger partial charge in [0.15, 0.2) is 5.17 Å². The van der Waals surface area contributed by atoms with Crippen LogP contribution >= 0.6 is 23.1 Å². The highest BCUT2D eigenvalue weighted by Gasteiger charge is 2.43. The zero-order valence-electron chi connectivity index (χ0n) is 13.6. The number of hydrogen-bond acceptors (Lipinski definition) is 8. The lowest BCUT2D eigenvalue weighted by Crippen LogP contribution is -2.44. The maximum atomic E-state index is 12.7. The second-order valence-corrected chi connectivity index (χ2v) is 7.10. The first-order valence-corrected chi connectivity index (χ1v) is 8.89. The van der Waals surface area contributed by atoms with Crippen LogP contribution in [0.25, 0.3) is 0 Å². The Balaban J connectivity index is 2.14. The van der Waals surface area contributed by atoms with Crippen molar-refractivity contribution in [2.45, 2.75) is 13.0 Å². The van der Waals surface area contributed by atoms with Gasteiger partial charge in [-0.2, -0.15) is 0 Å². The Morgan fingerprint density at radius 2 is 1.96 bits per heavy atom. The molecule has 1 amide bonds. The van der Waals surface area contributed by atoms with Crippen LogP contribution in [0, 0.1) is 0 Å². The van der Waals surface area contributed by atoms with Crippen molar-refractivity contribution in [3.05, 3.63) is 44.6 Å². The molecular formula is C16H14N2O5S2. The van der Waals surface area contributed by atoms with E-state index in [9.17, 15) is 14.4 Å². The zero-order chi connectivity index (χ0) is 18.1. The van der Waals surface area contributed by atoms with Gasteiger partial charge in [0, 0.05) is 11.0 Å². The summed E-state index contributed by atoms with van der Waals surface area (Å²) in [6, 6.07) is 3.04. The maximum absolute atomic E-state index is 12.7. The van der Waals surface area contributed by atoms with Gasteiger partial charge in [-0.25, -0.2) is 14.6 Å². The van der Waals surface area contributed by atoms with Crippen LogP contribution in [0.2, 0.25) is 0 Å². The number of thioether (sulfide) groups is 1. The van der Waals surface area contributed by atoms with E-state index in [1.165, 1.54) is 36.5 Å². The molecule has 0 N–H and O–H groups in total. The van der Waals surface area contributed by atoms with Crippen LogP contribution in [-0.2, 0) is 23.9 Å². The van der Waals surface area contributed by atoms with Crippen LogP contribution in [0.3, 0.4) is 0 Å². The standard InChI is InChI=1S/C16H14N2O5S2/c1-8-12(15(21)23-3)13(9-5-4-6-24-9)18-11(19)7-10(14(20)22-2)25-16(18)17-8/h4-7,13H,1-3H3. The smallest absolute Gasteiger partial charge is 0.345 e. The molecule has 0 radical (unpaired) electrons. The SMILES string of the molecule is COC(=O)C1=CC(=O)N2C(=NC(C)=C(C(=O)OC)C2c2cccs2)S1. The quantitative estimate of drug-likeness (QED) is 0.750. The molecule has 2 aliphatic rings. The summed E-state index contributed by atoms with van der Waals surface area (Å²) in [6.45, 7) is 1.68. The number of thiophene rings is 1. The highest BCUT2D eigenvalue weighted by Crippen LogP contribution is 2.42. The lowest BCUT2D eigenvalue weighted by atomic mass is 10.0. The third kappa shape index (κ3) is 3.00. The summed E-state index contributed by atoms with van der Waals surface area (Å²) in [6.07, 6.45) is 1.20. The predicted octanol–water partition coefficient (Wildman–Crippen LogP) is 2.24. The van der Waals surface area contributed by atoms with Gasteiger partial charge in [-0.1, -0.05) is 6.07 Å². The number of aliphatic imine (C=N–C) groups is 1. The number of hydrogen-bond donors (Lipinski definition) is 0. The fraction of sp³-hybridized carbons (Fsp3) is 0.250. The normalized spacial score (nSPS) is 19.9. The lowest BCUT2D eigenvalue weighted by Gasteiger charge is -2.37. The fourth-order valence-corrected chi connectivity index (χ4v) is 4.41. The number of fused-ring (bicyclic) bond motifs is 1. The highest BCUT2D eigenvalue weighted by atomic mass is 32.2. The summed E-state index contributed by atoms with van der Waals surface area (Å²) >= 11 is 2.46. The first-order valence-electron chi connectivity index (χ1n) is 7.20. The Morgan fingerprint density at radius 1 is 1.24 bits per heavy atom. The molecule has 0 aromatic carbocycles. The van der Waals surface area contributed by atoms with Gasteiger partial charge in [0.1, 0.15) is 10.9 Å². The van der Waals surface area contributed by atoms with Crippen LogP contribution in [0.15, 0.2) is 44.8 Å². The first kappa shape index (κ1) is 17.4. The average Bonchev–Trinajstić information content (AvgIpc) is 3.13. The van der Waals surface area contributed by atoms with Gasteiger partial charge >= 0.3 is 11.9 Å². The molecule has 0 saturated heterocycles. The minimum absolute atomic E-state index is 0.154. The van der Waals surface area contributed by atoms with Gasteiger partial charge in [-0.05, 0) is 30.1 Å². The highest BCUT2D eigenvalue weighted by molar-refractivity contribution is 8.18. The monoisotopic (exact) mass is 378 g/mol. The number of carbonyl (C=O) groups is 3. The van der Waals surface area contributed by atoms with Crippen molar-refractivity contribution in [2.75, 3.05) is 14.2 Å². The van der Waals surface area contributed by atoms with Gasteiger partial charge in [-0.3, -0.25) is 9.69 Å². The summed E-state index contributed by atoms with van der Waals surface area (Å²) in [5.74, 6) is -1.58. The second kappa shape index (κ2) is 6.85. The number of rotatable bonds is 3. The second-order valence-electron chi connectivity index (χ2n) is 5.11. The summed E-state index contributed by atoms with van der Waals surface area (Å²) in [5, 5.41) is 2.19. The van der Waals surface area contributed by atoms with E-state index in [1.54, 1.807) is 6.92 Å². The first-order chi connectivity index (χ1) is 12.0. The molecule has 3 rings (SSSR count). The van der Waals surface area contributed by atoms with E-state index < -0.39 is 23.9 Å². The third-order valence-electron chi connectivity index (χ3n) is 3.69. The Morgan fingerprint density at radius 3 is 2.56 bits per heavy atom. The molecular weight excluding hydrogens is 364 g/mol. The van der Waals surface area contributed by atoms with Crippen molar-refractivity contribution in [2.24, 2.45) is 4.99 Å². The molecule has 0 bridgehead atoms. The minimum Gasteiger partial charge on any atom is -0.466 e. The van der Waals surface area contributed by atoms with Crippen LogP contribution in [0.4, 0.5) is 0 Å². The third-order valence-corrected chi connectivity index (χ3v) is 5.59. The molecule has 0 aliphatic carbocycles. The summed E-state index contributed by atoms with van der Waals surface area (Å²) in [4.78, 5) is 43.5. The van der Waals surface area contributed by atoms with E-state index >= 15 is 0 Å². The fourth-order valence-electron chi connectivity index (χ4n) is 2.58. The zero-order valence-corrected chi connectivity index (χ0v) is 15.3. The number of esters is 2. The Labute approximate surface area is 152 Å². The van der Waals surface area contributed by atoms with E-state index in [-0.39, 0.29) is 4.91 Å².